The highest BCUT2D eigenvalue weighted by Gasteiger charge is 2.14. The first-order valence-corrected chi connectivity index (χ1v) is 9.35. The van der Waals surface area contributed by atoms with E-state index in [1.54, 1.807) is 24.3 Å². The van der Waals surface area contributed by atoms with Crippen molar-refractivity contribution >= 4 is 42.9 Å². The summed E-state index contributed by atoms with van der Waals surface area (Å²) in [7, 11) is -3.35. The van der Waals surface area contributed by atoms with E-state index in [0.717, 1.165) is 6.26 Å². The number of fused-ring (bicyclic) bond motifs is 1. The molecular weight excluding hydrogens is 337 g/mol. The van der Waals surface area contributed by atoms with Gasteiger partial charge in [0, 0.05) is 22.0 Å². The highest BCUT2D eigenvalue weighted by Crippen LogP contribution is 2.28. The Labute approximate surface area is 136 Å². The van der Waals surface area contributed by atoms with Gasteiger partial charge in [-0.05, 0) is 36.4 Å². The molecule has 1 amide bonds. The third kappa shape index (κ3) is 3.25. The minimum Gasteiger partial charge on any atom is -0.321 e. The molecule has 0 radical (unpaired) electrons. The fraction of sp³-hybridized carbons (Fsp3) is 0.0625. The van der Waals surface area contributed by atoms with Crippen LogP contribution in [0.3, 0.4) is 0 Å². The van der Waals surface area contributed by atoms with Crippen LogP contribution in [0.25, 0.3) is 10.1 Å². The Morgan fingerprint density at radius 3 is 2.57 bits per heavy atom. The molecule has 2 aromatic carbocycles. The molecule has 1 heterocycles. The van der Waals surface area contributed by atoms with E-state index in [0.29, 0.717) is 20.7 Å². The Bertz CT molecular complexity index is 1010. The first-order valence-electron chi connectivity index (χ1n) is 6.64. The summed E-state index contributed by atoms with van der Waals surface area (Å²) in [5.41, 5.74) is 0.371. The van der Waals surface area contributed by atoms with Crippen LogP contribution in [-0.4, -0.2) is 20.6 Å². The molecule has 7 heteroatoms. The van der Waals surface area contributed by atoms with Crippen LogP contribution in [0, 0.1) is 5.82 Å². The van der Waals surface area contributed by atoms with Crippen molar-refractivity contribution in [2.45, 2.75) is 4.90 Å². The van der Waals surface area contributed by atoms with Gasteiger partial charge in [-0.25, -0.2) is 12.8 Å². The number of hydrogen-bond donors (Lipinski definition) is 1. The van der Waals surface area contributed by atoms with Gasteiger partial charge in [-0.1, -0.05) is 12.1 Å². The van der Waals surface area contributed by atoms with Crippen molar-refractivity contribution in [3.63, 3.8) is 0 Å². The lowest BCUT2D eigenvalue weighted by Crippen LogP contribution is -2.10. The van der Waals surface area contributed by atoms with Gasteiger partial charge in [-0.2, -0.15) is 0 Å². The van der Waals surface area contributed by atoms with Gasteiger partial charge in [0.25, 0.3) is 5.91 Å². The maximum Gasteiger partial charge on any atom is 0.265 e. The van der Waals surface area contributed by atoms with E-state index in [2.05, 4.69) is 5.32 Å². The van der Waals surface area contributed by atoms with E-state index in [4.69, 9.17) is 0 Å². The summed E-state index contributed by atoms with van der Waals surface area (Å²) in [6, 6.07) is 12.2. The Morgan fingerprint density at radius 2 is 1.87 bits per heavy atom. The average Bonchev–Trinajstić information content (AvgIpc) is 2.92. The average molecular weight is 349 g/mol. The number of anilines is 1. The van der Waals surface area contributed by atoms with Crippen molar-refractivity contribution < 1.29 is 17.6 Å². The molecular formula is C16H12FNO3S2. The lowest BCUT2D eigenvalue weighted by atomic mass is 10.2. The summed E-state index contributed by atoms with van der Waals surface area (Å²) in [6.07, 6.45) is 1.10. The van der Waals surface area contributed by atoms with E-state index in [1.165, 1.54) is 35.6 Å². The minimum atomic E-state index is -3.35. The Kier molecular flexibility index (Phi) is 3.91. The van der Waals surface area contributed by atoms with Crippen LogP contribution in [0.2, 0.25) is 0 Å². The van der Waals surface area contributed by atoms with Gasteiger partial charge in [0.05, 0.1) is 9.77 Å². The standard InChI is InChI=1S/C16H12FNO3S2/c1-23(20,21)11-5-2-4-10(8-11)18-16(19)15-9-12-13(17)6-3-7-14(12)22-15/h2-9H,1H3,(H,18,19). The van der Waals surface area contributed by atoms with Gasteiger partial charge in [0.15, 0.2) is 9.84 Å². The van der Waals surface area contributed by atoms with Crippen molar-refractivity contribution in [1.29, 1.82) is 0 Å². The molecule has 0 aliphatic heterocycles. The Hall–Kier alpha value is -2.25. The molecule has 0 bridgehead atoms. The number of amides is 1. The largest absolute Gasteiger partial charge is 0.321 e. The van der Waals surface area contributed by atoms with Crippen LogP contribution in [-0.2, 0) is 9.84 Å². The maximum absolute atomic E-state index is 13.7. The number of thiophene rings is 1. The molecule has 0 saturated carbocycles. The van der Waals surface area contributed by atoms with E-state index in [9.17, 15) is 17.6 Å². The van der Waals surface area contributed by atoms with Gasteiger partial charge in [-0.3, -0.25) is 4.79 Å². The number of sulfone groups is 1. The maximum atomic E-state index is 13.7. The first-order chi connectivity index (χ1) is 10.8. The fourth-order valence-electron chi connectivity index (χ4n) is 2.13. The number of benzene rings is 2. The van der Waals surface area contributed by atoms with Gasteiger partial charge in [-0.15, -0.1) is 11.3 Å². The van der Waals surface area contributed by atoms with E-state index in [-0.39, 0.29) is 10.7 Å². The zero-order valence-corrected chi connectivity index (χ0v) is 13.7. The highest BCUT2D eigenvalue weighted by atomic mass is 32.2. The summed E-state index contributed by atoms with van der Waals surface area (Å²) in [5, 5.41) is 3.03. The molecule has 0 saturated heterocycles. The van der Waals surface area contributed by atoms with Crippen LogP contribution < -0.4 is 5.32 Å². The van der Waals surface area contributed by atoms with Crippen molar-refractivity contribution in [2.24, 2.45) is 0 Å². The molecule has 0 unspecified atom stereocenters. The Morgan fingerprint density at radius 1 is 1.13 bits per heavy atom. The quantitative estimate of drug-likeness (QED) is 0.784. The monoisotopic (exact) mass is 349 g/mol. The molecule has 118 valence electrons. The summed E-state index contributed by atoms with van der Waals surface area (Å²) in [5.74, 6) is -0.784. The predicted molar refractivity (Wildman–Crippen MR) is 89.3 cm³/mol. The lowest BCUT2D eigenvalue weighted by molar-refractivity contribution is 0.103. The second kappa shape index (κ2) is 5.75. The third-order valence-electron chi connectivity index (χ3n) is 3.25. The summed E-state index contributed by atoms with van der Waals surface area (Å²) >= 11 is 1.18. The van der Waals surface area contributed by atoms with E-state index in [1.807, 2.05) is 0 Å². The second-order valence-electron chi connectivity index (χ2n) is 5.02. The number of carbonyl (C=O) groups is 1. The molecule has 1 aromatic heterocycles. The number of carbonyl (C=O) groups excluding carboxylic acids is 1. The third-order valence-corrected chi connectivity index (χ3v) is 5.46. The van der Waals surface area contributed by atoms with Crippen molar-refractivity contribution in [2.75, 3.05) is 11.6 Å². The molecule has 0 atom stereocenters. The molecule has 3 aromatic rings. The number of nitrogens with one attached hydrogen (secondary N) is 1. The normalized spacial score (nSPS) is 11.6. The predicted octanol–water partition coefficient (Wildman–Crippen LogP) is 3.70. The van der Waals surface area contributed by atoms with Gasteiger partial charge >= 0.3 is 0 Å². The van der Waals surface area contributed by atoms with Gasteiger partial charge < -0.3 is 5.32 Å². The first kappa shape index (κ1) is 15.6. The van der Waals surface area contributed by atoms with Gasteiger partial charge in [0.2, 0.25) is 0 Å². The molecule has 3 rings (SSSR count). The van der Waals surface area contributed by atoms with Crippen molar-refractivity contribution in [1.82, 2.24) is 0 Å². The van der Waals surface area contributed by atoms with Crippen molar-refractivity contribution in [3.05, 3.63) is 59.2 Å². The van der Waals surface area contributed by atoms with Crippen LogP contribution in [0.5, 0.6) is 0 Å². The van der Waals surface area contributed by atoms with Crippen molar-refractivity contribution in [3.8, 4) is 0 Å². The van der Waals surface area contributed by atoms with Crippen LogP contribution in [0.4, 0.5) is 10.1 Å². The second-order valence-corrected chi connectivity index (χ2v) is 8.12. The van der Waals surface area contributed by atoms with Crippen LogP contribution >= 0.6 is 11.3 Å². The zero-order chi connectivity index (χ0) is 16.6. The molecule has 0 spiro atoms. The summed E-state index contributed by atoms with van der Waals surface area (Å²) < 4.78 is 37.4. The summed E-state index contributed by atoms with van der Waals surface area (Å²) in [4.78, 5) is 12.8. The fourth-order valence-corrected chi connectivity index (χ4v) is 3.77. The SMILES string of the molecule is CS(=O)(=O)c1cccc(NC(=O)c2cc3c(F)cccc3s2)c1. The van der Waals surface area contributed by atoms with Gasteiger partial charge in [0.1, 0.15) is 5.82 Å². The molecule has 0 fully saturated rings. The van der Waals surface area contributed by atoms with Crippen LogP contribution in [0.15, 0.2) is 53.4 Å². The summed E-state index contributed by atoms with van der Waals surface area (Å²) in [6.45, 7) is 0. The molecule has 23 heavy (non-hydrogen) atoms. The van der Waals surface area contributed by atoms with E-state index >= 15 is 0 Å². The smallest absolute Gasteiger partial charge is 0.265 e. The molecule has 1 N–H and O–H groups in total. The molecule has 0 aliphatic carbocycles. The Balaban J connectivity index is 1.90. The molecule has 0 aliphatic rings. The number of rotatable bonds is 3. The molecule has 4 nitrogen and oxygen atoms in total. The highest BCUT2D eigenvalue weighted by molar-refractivity contribution is 7.90. The van der Waals surface area contributed by atoms with E-state index < -0.39 is 15.7 Å². The number of halogens is 1. The lowest BCUT2D eigenvalue weighted by Gasteiger charge is -2.05. The number of hydrogen-bond acceptors (Lipinski definition) is 4. The zero-order valence-electron chi connectivity index (χ0n) is 12.0. The van der Waals surface area contributed by atoms with Crippen LogP contribution in [0.1, 0.15) is 9.67 Å². The topological polar surface area (TPSA) is 63.2 Å². The minimum absolute atomic E-state index is 0.123.